The van der Waals surface area contributed by atoms with Crippen molar-refractivity contribution in [1.82, 2.24) is 15.2 Å². The zero-order valence-corrected chi connectivity index (χ0v) is 13.8. The Kier molecular flexibility index (Phi) is 4.37. The predicted octanol–water partition coefficient (Wildman–Crippen LogP) is 3.03. The van der Waals surface area contributed by atoms with Crippen molar-refractivity contribution in [2.24, 2.45) is 0 Å². The first-order valence-corrected chi connectivity index (χ1v) is 7.52. The molecule has 0 atom stereocenters. The molecular weight excluding hydrogens is 342 g/mol. The molecular formula is C17H12ClN5O2. The quantitative estimate of drug-likeness (QED) is 0.699. The number of rotatable bonds is 3. The lowest BCUT2D eigenvalue weighted by Crippen LogP contribution is -2.05. The number of ether oxygens (including phenoxy) is 1. The number of nitrogens with zero attached hydrogens (tertiary/aromatic N) is 3. The van der Waals surface area contributed by atoms with Crippen molar-refractivity contribution in [3.05, 3.63) is 52.8 Å². The number of esters is 1. The Hall–Kier alpha value is -3.37. The first kappa shape index (κ1) is 16.5. The second-order valence-electron chi connectivity index (χ2n) is 5.06. The number of hydrogen-bond donors (Lipinski definition) is 2. The Bertz CT molecular complexity index is 1010. The fourth-order valence-electron chi connectivity index (χ4n) is 2.45. The standard InChI is InChI=1S/C17H12ClN5O2/c1-25-17(24)15-12(8-21-23-15)10-6-14(22-16(20)11(10)7-19)9-4-2-3-5-13(9)18/h2-6,8H,1H3,(H2,20,22)(H,21,23). The minimum atomic E-state index is -0.605. The largest absolute Gasteiger partial charge is 0.464 e. The van der Waals surface area contributed by atoms with Crippen LogP contribution in [0.3, 0.4) is 0 Å². The molecule has 0 saturated carbocycles. The normalized spacial score (nSPS) is 10.3. The van der Waals surface area contributed by atoms with E-state index < -0.39 is 5.97 Å². The molecule has 0 aliphatic rings. The lowest BCUT2D eigenvalue weighted by Gasteiger charge is -2.10. The van der Waals surface area contributed by atoms with Gasteiger partial charge in [-0.2, -0.15) is 10.4 Å². The van der Waals surface area contributed by atoms with Crippen molar-refractivity contribution >= 4 is 23.4 Å². The molecule has 0 unspecified atom stereocenters. The average Bonchev–Trinajstić information content (AvgIpc) is 3.10. The summed E-state index contributed by atoms with van der Waals surface area (Å²) in [5.41, 5.74) is 8.17. The summed E-state index contributed by atoms with van der Waals surface area (Å²) < 4.78 is 4.73. The monoisotopic (exact) mass is 353 g/mol. The van der Waals surface area contributed by atoms with Crippen LogP contribution in [0.5, 0.6) is 0 Å². The number of anilines is 1. The number of H-pyrrole nitrogens is 1. The van der Waals surface area contributed by atoms with Gasteiger partial charge in [-0.1, -0.05) is 29.8 Å². The van der Waals surface area contributed by atoms with Gasteiger partial charge in [0.25, 0.3) is 0 Å². The van der Waals surface area contributed by atoms with Crippen molar-refractivity contribution in [1.29, 1.82) is 5.26 Å². The lowest BCUT2D eigenvalue weighted by atomic mass is 9.98. The molecule has 0 aliphatic heterocycles. The summed E-state index contributed by atoms with van der Waals surface area (Å²) in [4.78, 5) is 16.2. The van der Waals surface area contributed by atoms with Crippen LogP contribution in [-0.2, 0) is 4.74 Å². The number of hydrogen-bond acceptors (Lipinski definition) is 6. The molecule has 25 heavy (non-hydrogen) atoms. The van der Waals surface area contributed by atoms with E-state index in [9.17, 15) is 10.1 Å². The van der Waals surface area contributed by atoms with Crippen LogP contribution in [0, 0.1) is 11.3 Å². The van der Waals surface area contributed by atoms with E-state index in [2.05, 4.69) is 15.2 Å². The van der Waals surface area contributed by atoms with E-state index in [1.165, 1.54) is 13.3 Å². The maximum atomic E-state index is 11.9. The van der Waals surface area contributed by atoms with Crippen molar-refractivity contribution in [3.63, 3.8) is 0 Å². The van der Waals surface area contributed by atoms with Gasteiger partial charge in [-0.3, -0.25) is 5.10 Å². The number of carbonyl (C=O) groups is 1. The summed E-state index contributed by atoms with van der Waals surface area (Å²) in [6.07, 6.45) is 1.43. The molecule has 0 aliphatic carbocycles. The fourth-order valence-corrected chi connectivity index (χ4v) is 2.68. The van der Waals surface area contributed by atoms with Gasteiger partial charge in [0.1, 0.15) is 17.5 Å². The van der Waals surface area contributed by atoms with E-state index in [1.807, 2.05) is 12.1 Å². The van der Waals surface area contributed by atoms with Gasteiger partial charge in [-0.05, 0) is 12.1 Å². The highest BCUT2D eigenvalue weighted by atomic mass is 35.5. The third-order valence-corrected chi connectivity index (χ3v) is 3.96. The summed E-state index contributed by atoms with van der Waals surface area (Å²) >= 11 is 6.23. The van der Waals surface area contributed by atoms with E-state index in [0.717, 1.165) is 0 Å². The zero-order valence-electron chi connectivity index (χ0n) is 13.1. The molecule has 2 aromatic heterocycles. The number of aromatic amines is 1. The minimum Gasteiger partial charge on any atom is -0.464 e. The summed E-state index contributed by atoms with van der Waals surface area (Å²) in [7, 11) is 1.26. The third-order valence-electron chi connectivity index (χ3n) is 3.63. The molecule has 0 spiro atoms. The van der Waals surface area contributed by atoms with Crippen LogP contribution in [-0.4, -0.2) is 28.3 Å². The molecule has 0 saturated heterocycles. The first-order chi connectivity index (χ1) is 12.1. The molecule has 8 heteroatoms. The smallest absolute Gasteiger partial charge is 0.356 e. The van der Waals surface area contributed by atoms with Gasteiger partial charge >= 0.3 is 5.97 Å². The molecule has 3 aromatic rings. The molecule has 7 nitrogen and oxygen atoms in total. The minimum absolute atomic E-state index is 0.0342. The zero-order chi connectivity index (χ0) is 18.0. The van der Waals surface area contributed by atoms with E-state index in [0.29, 0.717) is 27.4 Å². The fraction of sp³-hybridized carbons (Fsp3) is 0.0588. The second kappa shape index (κ2) is 6.63. The van der Waals surface area contributed by atoms with Gasteiger partial charge in [-0.25, -0.2) is 9.78 Å². The van der Waals surface area contributed by atoms with Crippen LogP contribution in [0.2, 0.25) is 5.02 Å². The molecule has 3 N–H and O–H groups in total. The molecule has 2 heterocycles. The van der Waals surface area contributed by atoms with Crippen molar-refractivity contribution in [3.8, 4) is 28.5 Å². The summed E-state index contributed by atoms with van der Waals surface area (Å²) in [6.45, 7) is 0. The van der Waals surface area contributed by atoms with Gasteiger partial charge < -0.3 is 10.5 Å². The predicted molar refractivity (Wildman–Crippen MR) is 92.7 cm³/mol. The average molecular weight is 354 g/mol. The second-order valence-corrected chi connectivity index (χ2v) is 5.46. The topological polar surface area (TPSA) is 118 Å². The Balaban J connectivity index is 2.27. The molecule has 0 fully saturated rings. The van der Waals surface area contributed by atoms with Crippen LogP contribution in [0.15, 0.2) is 36.5 Å². The number of nitrogen functional groups attached to an aromatic ring is 1. The van der Waals surface area contributed by atoms with Gasteiger partial charge in [0.2, 0.25) is 0 Å². The summed E-state index contributed by atoms with van der Waals surface area (Å²) in [5, 5.41) is 16.4. The number of halogens is 1. The van der Waals surface area contributed by atoms with E-state index >= 15 is 0 Å². The number of aromatic nitrogens is 3. The lowest BCUT2D eigenvalue weighted by molar-refractivity contribution is 0.0595. The van der Waals surface area contributed by atoms with Crippen molar-refractivity contribution in [2.75, 3.05) is 12.8 Å². The van der Waals surface area contributed by atoms with Gasteiger partial charge in [0.15, 0.2) is 5.69 Å². The van der Waals surface area contributed by atoms with E-state index in [4.69, 9.17) is 22.1 Å². The van der Waals surface area contributed by atoms with Crippen molar-refractivity contribution in [2.45, 2.75) is 0 Å². The molecule has 3 rings (SSSR count). The number of nitriles is 1. The Morgan fingerprint density at radius 2 is 2.08 bits per heavy atom. The summed E-state index contributed by atoms with van der Waals surface area (Å²) in [5.74, 6) is -0.571. The molecule has 124 valence electrons. The molecule has 1 aromatic carbocycles. The molecule has 0 bridgehead atoms. The van der Waals surface area contributed by atoms with Crippen LogP contribution >= 0.6 is 11.6 Å². The Morgan fingerprint density at radius 3 is 2.76 bits per heavy atom. The van der Waals surface area contributed by atoms with Crippen LogP contribution in [0.1, 0.15) is 16.1 Å². The van der Waals surface area contributed by atoms with Crippen LogP contribution in [0.25, 0.3) is 22.4 Å². The Morgan fingerprint density at radius 1 is 1.32 bits per heavy atom. The van der Waals surface area contributed by atoms with Gasteiger partial charge in [0.05, 0.1) is 19.0 Å². The number of nitrogens with one attached hydrogen (secondary N) is 1. The van der Waals surface area contributed by atoms with E-state index in [1.54, 1.807) is 24.3 Å². The van der Waals surface area contributed by atoms with Gasteiger partial charge in [0, 0.05) is 21.7 Å². The van der Waals surface area contributed by atoms with Crippen molar-refractivity contribution < 1.29 is 9.53 Å². The number of pyridine rings is 1. The first-order valence-electron chi connectivity index (χ1n) is 7.14. The Labute approximate surface area is 148 Å². The molecule has 0 radical (unpaired) electrons. The number of benzene rings is 1. The van der Waals surface area contributed by atoms with Gasteiger partial charge in [-0.15, -0.1) is 0 Å². The SMILES string of the molecule is COC(=O)c1[nH]ncc1-c1cc(-c2ccccc2Cl)nc(N)c1C#N. The maximum absolute atomic E-state index is 11.9. The maximum Gasteiger partial charge on any atom is 0.356 e. The van der Waals surface area contributed by atoms with Crippen LogP contribution in [0.4, 0.5) is 5.82 Å². The summed E-state index contributed by atoms with van der Waals surface area (Å²) in [6, 6.07) is 10.8. The number of nitrogens with two attached hydrogens (primary N) is 1. The highest BCUT2D eigenvalue weighted by Crippen LogP contribution is 2.34. The highest BCUT2D eigenvalue weighted by Gasteiger charge is 2.21. The molecule has 0 amide bonds. The van der Waals surface area contributed by atoms with Crippen LogP contribution < -0.4 is 5.73 Å². The third kappa shape index (κ3) is 2.91. The number of carbonyl (C=O) groups excluding carboxylic acids is 1. The van der Waals surface area contributed by atoms with E-state index in [-0.39, 0.29) is 17.1 Å². The highest BCUT2D eigenvalue weighted by molar-refractivity contribution is 6.33. The number of methoxy groups -OCH3 is 1.